The van der Waals surface area contributed by atoms with E-state index in [0.29, 0.717) is 13.0 Å². The number of hydrogen-bond donors (Lipinski definition) is 0. The Bertz CT molecular complexity index is 485. The van der Waals surface area contributed by atoms with Gasteiger partial charge in [0.25, 0.3) is 5.56 Å². The van der Waals surface area contributed by atoms with Gasteiger partial charge in [-0.3, -0.25) is 9.59 Å². The molecule has 1 aromatic rings. The fourth-order valence-electron chi connectivity index (χ4n) is 2.48. The van der Waals surface area contributed by atoms with Crippen LogP contribution >= 0.6 is 0 Å². The van der Waals surface area contributed by atoms with Crippen LogP contribution in [0.1, 0.15) is 47.8 Å². The van der Waals surface area contributed by atoms with Crippen LogP contribution in [-0.4, -0.2) is 10.4 Å². The standard InChI is InChI=1S/C13H17NO2/c1-3-7-14-10-5-4-6-11(15)13(10)9(2)8-12(14)16/h8H,3-7H2,1-2H3. The van der Waals surface area contributed by atoms with Crippen LogP contribution in [0.4, 0.5) is 0 Å². The number of fused-ring (bicyclic) bond motifs is 1. The molecular formula is C13H17NO2. The molecule has 1 aromatic heterocycles. The van der Waals surface area contributed by atoms with Crippen LogP contribution in [0, 0.1) is 6.92 Å². The minimum absolute atomic E-state index is 0.0350. The normalized spacial score (nSPS) is 15.0. The Hall–Kier alpha value is -1.38. The highest BCUT2D eigenvalue weighted by atomic mass is 16.1. The van der Waals surface area contributed by atoms with Crippen molar-refractivity contribution in [3.63, 3.8) is 0 Å². The lowest BCUT2D eigenvalue weighted by Crippen LogP contribution is -2.29. The summed E-state index contributed by atoms with van der Waals surface area (Å²) in [5, 5.41) is 0. The molecule has 1 aliphatic carbocycles. The Labute approximate surface area is 95.1 Å². The Morgan fingerprint density at radius 1 is 1.31 bits per heavy atom. The van der Waals surface area contributed by atoms with Crippen LogP contribution in [0.2, 0.25) is 0 Å². The number of nitrogens with zero attached hydrogens (tertiary/aromatic N) is 1. The summed E-state index contributed by atoms with van der Waals surface area (Å²) in [5.41, 5.74) is 2.65. The van der Waals surface area contributed by atoms with Gasteiger partial charge in [-0.2, -0.15) is 0 Å². The summed E-state index contributed by atoms with van der Waals surface area (Å²) in [5.74, 6) is 0.198. The minimum atomic E-state index is 0.0350. The van der Waals surface area contributed by atoms with Crippen molar-refractivity contribution in [3.8, 4) is 0 Å². The second-order valence-electron chi connectivity index (χ2n) is 4.42. The van der Waals surface area contributed by atoms with E-state index in [4.69, 9.17) is 0 Å². The zero-order valence-corrected chi connectivity index (χ0v) is 9.88. The van der Waals surface area contributed by atoms with E-state index in [1.54, 1.807) is 10.6 Å². The maximum atomic E-state index is 11.9. The molecule has 1 heterocycles. The Morgan fingerprint density at radius 3 is 2.75 bits per heavy atom. The maximum Gasteiger partial charge on any atom is 0.251 e. The Balaban J connectivity index is 2.67. The molecule has 3 heteroatoms. The molecule has 0 radical (unpaired) electrons. The summed E-state index contributed by atoms with van der Waals surface area (Å²) in [6.45, 7) is 4.62. The number of Topliss-reactive ketones (excluding diaryl/α,β-unsaturated/α-hetero) is 1. The minimum Gasteiger partial charge on any atom is -0.312 e. The van der Waals surface area contributed by atoms with Crippen LogP contribution in [0.3, 0.4) is 0 Å². The average Bonchev–Trinajstić information content (AvgIpc) is 2.23. The lowest BCUT2D eigenvalue weighted by Gasteiger charge is -2.21. The number of carbonyl (C=O) groups excluding carboxylic acids is 1. The van der Waals surface area contributed by atoms with Crippen LogP contribution < -0.4 is 5.56 Å². The van der Waals surface area contributed by atoms with Crippen LogP contribution in [-0.2, 0) is 13.0 Å². The summed E-state index contributed by atoms with van der Waals surface area (Å²) >= 11 is 0. The zero-order chi connectivity index (χ0) is 11.7. The fourth-order valence-corrected chi connectivity index (χ4v) is 2.48. The maximum absolute atomic E-state index is 11.9. The molecule has 0 fully saturated rings. The van der Waals surface area contributed by atoms with E-state index < -0.39 is 0 Å². The third kappa shape index (κ3) is 1.70. The number of hydrogen-bond acceptors (Lipinski definition) is 2. The second kappa shape index (κ2) is 4.24. The van der Waals surface area contributed by atoms with Gasteiger partial charge in [-0.15, -0.1) is 0 Å². The summed E-state index contributed by atoms with van der Waals surface area (Å²) in [6.07, 6.45) is 3.28. The number of rotatable bonds is 2. The number of carbonyl (C=O) groups is 1. The molecule has 0 unspecified atom stereocenters. The van der Waals surface area contributed by atoms with Gasteiger partial charge in [-0.25, -0.2) is 0 Å². The zero-order valence-electron chi connectivity index (χ0n) is 9.88. The molecule has 2 rings (SSSR count). The van der Waals surface area contributed by atoms with Gasteiger partial charge in [0, 0.05) is 30.3 Å². The molecule has 0 saturated heterocycles. The van der Waals surface area contributed by atoms with Gasteiger partial charge >= 0.3 is 0 Å². The average molecular weight is 219 g/mol. The van der Waals surface area contributed by atoms with Gasteiger partial charge in [0.05, 0.1) is 0 Å². The predicted molar refractivity (Wildman–Crippen MR) is 63.0 cm³/mol. The molecule has 0 atom stereocenters. The first kappa shape index (κ1) is 11.1. The van der Waals surface area contributed by atoms with Crippen molar-refractivity contribution in [2.75, 3.05) is 0 Å². The molecule has 0 amide bonds. The van der Waals surface area contributed by atoms with E-state index in [1.807, 2.05) is 13.8 Å². The highest BCUT2D eigenvalue weighted by Crippen LogP contribution is 2.22. The second-order valence-corrected chi connectivity index (χ2v) is 4.42. The van der Waals surface area contributed by atoms with E-state index in [9.17, 15) is 9.59 Å². The van der Waals surface area contributed by atoms with Crippen LogP contribution in [0.25, 0.3) is 0 Å². The Morgan fingerprint density at radius 2 is 2.06 bits per heavy atom. The summed E-state index contributed by atoms with van der Waals surface area (Å²) < 4.78 is 1.78. The molecule has 1 aliphatic rings. The molecule has 0 saturated carbocycles. The van der Waals surface area contributed by atoms with Gasteiger partial charge in [0.15, 0.2) is 5.78 Å². The molecule has 0 aromatic carbocycles. The van der Waals surface area contributed by atoms with E-state index in [-0.39, 0.29) is 11.3 Å². The number of ketones is 1. The molecule has 86 valence electrons. The SMILES string of the molecule is CCCn1c2c(c(C)cc1=O)C(=O)CCC2. The van der Waals surface area contributed by atoms with Gasteiger partial charge in [0.1, 0.15) is 0 Å². The number of aromatic nitrogens is 1. The lowest BCUT2D eigenvalue weighted by molar-refractivity contribution is 0.0969. The summed E-state index contributed by atoms with van der Waals surface area (Å²) in [7, 11) is 0. The van der Waals surface area contributed by atoms with E-state index >= 15 is 0 Å². The molecule has 0 bridgehead atoms. The van der Waals surface area contributed by atoms with Crippen molar-refractivity contribution in [2.24, 2.45) is 0 Å². The summed E-state index contributed by atoms with van der Waals surface area (Å²) in [6, 6.07) is 1.59. The van der Waals surface area contributed by atoms with Gasteiger partial charge in [0.2, 0.25) is 0 Å². The number of pyridine rings is 1. The fraction of sp³-hybridized carbons (Fsp3) is 0.538. The van der Waals surface area contributed by atoms with Crippen molar-refractivity contribution in [3.05, 3.63) is 33.2 Å². The van der Waals surface area contributed by atoms with Crippen molar-refractivity contribution in [1.82, 2.24) is 4.57 Å². The monoisotopic (exact) mass is 219 g/mol. The van der Waals surface area contributed by atoms with E-state index in [0.717, 1.165) is 36.1 Å². The molecule has 0 aliphatic heterocycles. The highest BCUT2D eigenvalue weighted by molar-refractivity contribution is 5.99. The first-order valence-corrected chi connectivity index (χ1v) is 5.91. The smallest absolute Gasteiger partial charge is 0.251 e. The first-order chi connectivity index (χ1) is 7.65. The number of aryl methyl sites for hydroxylation is 1. The van der Waals surface area contributed by atoms with Gasteiger partial charge in [-0.05, 0) is 31.7 Å². The van der Waals surface area contributed by atoms with Gasteiger partial charge < -0.3 is 4.57 Å². The van der Waals surface area contributed by atoms with Crippen LogP contribution in [0.5, 0.6) is 0 Å². The summed E-state index contributed by atoms with van der Waals surface area (Å²) in [4.78, 5) is 23.7. The molecular weight excluding hydrogens is 202 g/mol. The lowest BCUT2D eigenvalue weighted by atomic mass is 9.91. The largest absolute Gasteiger partial charge is 0.312 e. The van der Waals surface area contributed by atoms with Gasteiger partial charge in [-0.1, -0.05) is 6.92 Å². The van der Waals surface area contributed by atoms with Crippen molar-refractivity contribution in [1.29, 1.82) is 0 Å². The molecule has 16 heavy (non-hydrogen) atoms. The first-order valence-electron chi connectivity index (χ1n) is 5.91. The quantitative estimate of drug-likeness (QED) is 0.764. The predicted octanol–water partition coefficient (Wildman–Crippen LogP) is 2.09. The van der Waals surface area contributed by atoms with Crippen LogP contribution in [0.15, 0.2) is 10.9 Å². The third-order valence-electron chi connectivity index (χ3n) is 3.16. The van der Waals surface area contributed by atoms with E-state index in [1.165, 1.54) is 0 Å². The molecule has 0 N–H and O–H groups in total. The topological polar surface area (TPSA) is 39.1 Å². The van der Waals surface area contributed by atoms with Crippen molar-refractivity contribution >= 4 is 5.78 Å². The highest BCUT2D eigenvalue weighted by Gasteiger charge is 2.22. The Kier molecular flexibility index (Phi) is 2.95. The van der Waals surface area contributed by atoms with E-state index in [2.05, 4.69) is 0 Å². The molecule has 3 nitrogen and oxygen atoms in total. The van der Waals surface area contributed by atoms with Crippen molar-refractivity contribution in [2.45, 2.75) is 46.1 Å². The van der Waals surface area contributed by atoms with Crippen molar-refractivity contribution < 1.29 is 4.79 Å². The third-order valence-corrected chi connectivity index (χ3v) is 3.16. The molecule has 0 spiro atoms.